The van der Waals surface area contributed by atoms with Gasteiger partial charge in [0.1, 0.15) is 0 Å². The van der Waals surface area contributed by atoms with Crippen LogP contribution >= 0.6 is 11.3 Å². The van der Waals surface area contributed by atoms with E-state index < -0.39 is 0 Å². The first-order valence-corrected chi connectivity index (χ1v) is 21.4. The van der Waals surface area contributed by atoms with Crippen molar-refractivity contribution in [1.29, 1.82) is 0 Å². The van der Waals surface area contributed by atoms with Gasteiger partial charge in [0.15, 0.2) is 0 Å². The minimum Gasteiger partial charge on any atom is -0.374 e. The fourth-order valence-corrected chi connectivity index (χ4v) is 10.7. The fourth-order valence-electron chi connectivity index (χ4n) is 9.45. The van der Waals surface area contributed by atoms with Crippen molar-refractivity contribution in [2.45, 2.75) is 85.5 Å². The Hall–Kier alpha value is -5.32. The zero-order chi connectivity index (χ0) is 39.8. The number of nitrogens with zero attached hydrogens (tertiary/aromatic N) is 2. The summed E-state index contributed by atoms with van der Waals surface area (Å²) in [6, 6.07) is 48.8. The maximum atomic E-state index is 2.78. The lowest BCUT2D eigenvalue weighted by Gasteiger charge is -2.41. The molecule has 0 N–H and O–H groups in total. The summed E-state index contributed by atoms with van der Waals surface area (Å²) in [5.74, 6) is 0. The van der Waals surface area contributed by atoms with E-state index in [1.54, 1.807) is 0 Å². The van der Waals surface area contributed by atoms with Gasteiger partial charge in [0.05, 0.1) is 5.69 Å². The Morgan fingerprint density at radius 3 is 1.84 bits per heavy atom. The molecule has 2 nitrogen and oxygen atoms in total. The first-order chi connectivity index (χ1) is 27.1. The van der Waals surface area contributed by atoms with E-state index in [9.17, 15) is 0 Å². The lowest BCUT2D eigenvalue weighted by Crippen LogP contribution is -2.56. The number of anilines is 3. The molecule has 0 fully saturated rings. The summed E-state index contributed by atoms with van der Waals surface area (Å²) >= 11 is 1.97. The molecule has 0 aliphatic carbocycles. The summed E-state index contributed by atoms with van der Waals surface area (Å²) in [6.45, 7) is 23.4. The number of rotatable bonds is 3. The highest BCUT2D eigenvalue weighted by Crippen LogP contribution is 2.53. The fraction of sp³-hybridized carbons (Fsp3) is 0.245. The minimum atomic E-state index is -0.0680. The molecule has 0 saturated heterocycles. The van der Waals surface area contributed by atoms with Gasteiger partial charge in [-0.1, -0.05) is 153 Å². The van der Waals surface area contributed by atoms with E-state index in [1.165, 1.54) is 104 Å². The molecular formula is C53H51BN2S. The Morgan fingerprint density at radius 1 is 0.544 bits per heavy atom. The molecule has 8 aromatic rings. The predicted molar refractivity (Wildman–Crippen MR) is 250 cm³/mol. The Balaban J connectivity index is 1.43. The van der Waals surface area contributed by atoms with Crippen LogP contribution in [0, 0.1) is 6.92 Å². The normalized spacial score (nSPS) is 13.7. The van der Waals surface area contributed by atoms with E-state index in [0.29, 0.717) is 0 Å². The molecule has 0 atom stereocenters. The van der Waals surface area contributed by atoms with Crippen molar-refractivity contribution >= 4 is 66.5 Å². The molecule has 0 spiro atoms. The van der Waals surface area contributed by atoms with E-state index >= 15 is 0 Å². The van der Waals surface area contributed by atoms with Crippen LogP contribution in [0.15, 0.2) is 127 Å². The molecule has 2 aliphatic heterocycles. The van der Waals surface area contributed by atoms with E-state index in [-0.39, 0.29) is 23.1 Å². The molecule has 6 aromatic carbocycles. The second-order valence-corrected chi connectivity index (χ2v) is 20.6. The molecule has 4 heteroatoms. The lowest BCUT2D eigenvalue weighted by atomic mass is 9.48. The smallest absolute Gasteiger partial charge is 0.343 e. The Labute approximate surface area is 342 Å². The molecule has 4 heterocycles. The molecule has 282 valence electrons. The highest BCUT2D eigenvalue weighted by Gasteiger charge is 2.47. The van der Waals surface area contributed by atoms with Gasteiger partial charge in [0.2, 0.25) is 0 Å². The van der Waals surface area contributed by atoms with Crippen molar-refractivity contribution < 1.29 is 0 Å². The van der Waals surface area contributed by atoms with Crippen molar-refractivity contribution in [1.82, 2.24) is 4.48 Å². The summed E-state index contributed by atoms with van der Waals surface area (Å²) in [5, 5.41) is 2.64. The molecular weight excluding hydrogens is 707 g/mol. The summed E-state index contributed by atoms with van der Waals surface area (Å²) in [7, 11) is 0. The van der Waals surface area contributed by atoms with Gasteiger partial charge in [0.25, 0.3) is 0 Å². The van der Waals surface area contributed by atoms with Crippen molar-refractivity contribution in [2.24, 2.45) is 0 Å². The highest BCUT2D eigenvalue weighted by molar-refractivity contribution is 7.31. The van der Waals surface area contributed by atoms with Gasteiger partial charge in [-0.3, -0.25) is 0 Å². The van der Waals surface area contributed by atoms with Crippen LogP contribution in [-0.4, -0.2) is 11.3 Å². The van der Waals surface area contributed by atoms with Gasteiger partial charge < -0.3 is 9.38 Å². The molecule has 10 rings (SSSR count). The Morgan fingerprint density at radius 2 is 1.16 bits per heavy atom. The number of aryl methyl sites for hydroxylation is 1. The molecule has 2 aromatic heterocycles. The SMILES string of the molecule is Cc1ccccc1-c1c(-c2ccccc2)c2cc(C(C)(C)C)cc3c2n1B1c2sc4ccccc4c2N(c2ccc(C(C)(C)C)cc2)c2cc(C(C)(C)C)cc-3c21. The van der Waals surface area contributed by atoms with E-state index in [1.807, 2.05) is 11.3 Å². The molecule has 0 amide bonds. The first-order valence-electron chi connectivity index (χ1n) is 20.6. The predicted octanol–water partition coefficient (Wildman–Crippen LogP) is 13.8. The summed E-state index contributed by atoms with van der Waals surface area (Å²) in [6.07, 6.45) is 0. The van der Waals surface area contributed by atoms with Gasteiger partial charge >= 0.3 is 6.85 Å². The van der Waals surface area contributed by atoms with Gasteiger partial charge in [-0.15, -0.1) is 11.3 Å². The van der Waals surface area contributed by atoms with Gasteiger partial charge in [-0.2, -0.15) is 0 Å². The van der Waals surface area contributed by atoms with Crippen LogP contribution < -0.4 is 15.1 Å². The molecule has 0 saturated carbocycles. The van der Waals surface area contributed by atoms with Crippen LogP contribution in [0.4, 0.5) is 17.1 Å². The number of benzene rings is 6. The van der Waals surface area contributed by atoms with E-state index in [4.69, 9.17) is 0 Å². The Kier molecular flexibility index (Phi) is 7.81. The standard InChI is InChI=1S/C53H51BN2S/c1-32-18-14-15-21-38(32)48-45(33-19-12-11-13-20-33)42-30-35(52(5,6)7)29-41-40-28-36(53(8,9)10)31-43-46(40)54(56(48)47(41)42)50-49(39-22-16-17-23-44(39)57-50)55(43)37-26-24-34(25-27-37)51(2,3)4/h11-31H,1-10H3. The summed E-state index contributed by atoms with van der Waals surface area (Å²) < 4.78 is 5.49. The third-order valence-electron chi connectivity index (χ3n) is 12.6. The van der Waals surface area contributed by atoms with Crippen LogP contribution in [0.1, 0.15) is 84.6 Å². The molecule has 57 heavy (non-hydrogen) atoms. The maximum absolute atomic E-state index is 2.78. The third-order valence-corrected chi connectivity index (χ3v) is 13.8. The van der Waals surface area contributed by atoms with Gasteiger partial charge in [0, 0.05) is 59.5 Å². The number of aromatic nitrogens is 1. The highest BCUT2D eigenvalue weighted by atomic mass is 32.1. The van der Waals surface area contributed by atoms with E-state index in [2.05, 4.69) is 206 Å². The second kappa shape index (κ2) is 12.3. The molecule has 0 bridgehead atoms. The maximum Gasteiger partial charge on any atom is 0.343 e. The number of fused-ring (bicyclic) bond motifs is 6. The number of thiophene rings is 1. The van der Waals surface area contributed by atoms with Crippen molar-refractivity contribution in [3.05, 3.63) is 150 Å². The van der Waals surface area contributed by atoms with Gasteiger partial charge in [-0.05, 0) is 98.4 Å². The van der Waals surface area contributed by atoms with Crippen molar-refractivity contribution in [3.8, 4) is 33.5 Å². The average molecular weight is 759 g/mol. The van der Waals surface area contributed by atoms with Crippen molar-refractivity contribution in [3.63, 3.8) is 0 Å². The number of hydrogen-bond acceptors (Lipinski definition) is 2. The quantitative estimate of drug-likeness (QED) is 0.163. The number of hydrogen-bond donors (Lipinski definition) is 0. The van der Waals surface area contributed by atoms with Gasteiger partial charge in [-0.25, -0.2) is 0 Å². The lowest BCUT2D eigenvalue weighted by molar-refractivity contribution is 0.589. The average Bonchev–Trinajstić information content (AvgIpc) is 3.72. The topological polar surface area (TPSA) is 8.17 Å². The molecule has 0 unspecified atom stereocenters. The van der Waals surface area contributed by atoms with Crippen molar-refractivity contribution in [2.75, 3.05) is 4.90 Å². The van der Waals surface area contributed by atoms with Crippen LogP contribution in [0.25, 0.3) is 54.5 Å². The van der Waals surface area contributed by atoms with E-state index in [0.717, 1.165) is 0 Å². The van der Waals surface area contributed by atoms with Crippen LogP contribution in [0.3, 0.4) is 0 Å². The first kappa shape index (κ1) is 36.1. The zero-order valence-electron chi connectivity index (χ0n) is 35.0. The second-order valence-electron chi connectivity index (χ2n) is 19.5. The molecule has 0 radical (unpaired) electrons. The van der Waals surface area contributed by atoms with Crippen LogP contribution in [0.5, 0.6) is 0 Å². The largest absolute Gasteiger partial charge is 0.374 e. The van der Waals surface area contributed by atoms with Crippen LogP contribution in [0.2, 0.25) is 0 Å². The monoisotopic (exact) mass is 758 g/mol. The Bertz CT molecular complexity index is 2910. The summed E-state index contributed by atoms with van der Waals surface area (Å²) in [5.41, 5.74) is 19.7. The third kappa shape index (κ3) is 5.43. The summed E-state index contributed by atoms with van der Waals surface area (Å²) in [4.78, 5) is 2.62. The minimum absolute atomic E-state index is 0.0240. The molecule has 2 aliphatic rings. The zero-order valence-corrected chi connectivity index (χ0v) is 35.8. The van der Waals surface area contributed by atoms with Crippen LogP contribution in [-0.2, 0) is 16.2 Å².